The second-order valence-corrected chi connectivity index (χ2v) is 7.19. The van der Waals surface area contributed by atoms with E-state index in [2.05, 4.69) is 41.4 Å². The van der Waals surface area contributed by atoms with E-state index >= 15 is 0 Å². The van der Waals surface area contributed by atoms with Gasteiger partial charge in [-0.15, -0.1) is 0 Å². The van der Waals surface area contributed by atoms with E-state index in [0.29, 0.717) is 18.5 Å². The number of carbonyl (C=O) groups excluding carboxylic acids is 1. The fourth-order valence-corrected chi connectivity index (χ4v) is 3.62. The number of hydrogen-bond acceptors (Lipinski definition) is 3. The van der Waals surface area contributed by atoms with Gasteiger partial charge in [-0.2, -0.15) is 0 Å². The number of nitrogens with one attached hydrogen (secondary N) is 1. The van der Waals surface area contributed by atoms with E-state index in [9.17, 15) is 4.79 Å². The summed E-state index contributed by atoms with van der Waals surface area (Å²) in [5, 5.41) is 12.4. The molecule has 1 aliphatic carbocycles. The average molecular weight is 331 g/mol. The first-order chi connectivity index (χ1) is 11.7. The Morgan fingerprint density at radius 3 is 2.67 bits per heavy atom. The number of rotatable bonds is 6. The monoisotopic (exact) mass is 331 g/mol. The third-order valence-electron chi connectivity index (χ3n) is 5.14. The summed E-state index contributed by atoms with van der Waals surface area (Å²) in [6, 6.07) is 11.1. The molecule has 3 rings (SSSR count). The smallest absolute Gasteiger partial charge is 0.317 e. The molecule has 2 aliphatic rings. The van der Waals surface area contributed by atoms with Crippen LogP contribution in [-0.4, -0.2) is 59.3 Å². The highest BCUT2D eigenvalue weighted by Crippen LogP contribution is 2.27. The van der Waals surface area contributed by atoms with E-state index in [1.165, 1.54) is 5.56 Å². The van der Waals surface area contributed by atoms with Crippen LogP contribution in [-0.2, 0) is 6.54 Å². The molecule has 1 heterocycles. The predicted molar refractivity (Wildman–Crippen MR) is 94.6 cm³/mol. The van der Waals surface area contributed by atoms with Crippen LogP contribution in [0.2, 0.25) is 0 Å². The topological polar surface area (TPSA) is 55.8 Å². The number of piperidine rings is 1. The van der Waals surface area contributed by atoms with Crippen molar-refractivity contribution in [1.29, 1.82) is 0 Å². The highest BCUT2D eigenvalue weighted by atomic mass is 16.3. The number of likely N-dealkylation sites (tertiary alicyclic amines) is 1. The summed E-state index contributed by atoms with van der Waals surface area (Å²) in [5.74, 6) is 0.432. The molecule has 0 radical (unpaired) electrons. The lowest BCUT2D eigenvalue weighted by Crippen LogP contribution is -2.53. The highest BCUT2D eigenvalue weighted by Gasteiger charge is 2.34. The van der Waals surface area contributed by atoms with Gasteiger partial charge in [-0.25, -0.2) is 4.79 Å². The van der Waals surface area contributed by atoms with E-state index in [0.717, 1.165) is 38.9 Å². The van der Waals surface area contributed by atoms with Gasteiger partial charge >= 0.3 is 6.03 Å². The van der Waals surface area contributed by atoms with Gasteiger partial charge in [0, 0.05) is 38.3 Å². The molecule has 0 aromatic heterocycles. The van der Waals surface area contributed by atoms with Crippen LogP contribution in [0.15, 0.2) is 30.3 Å². The van der Waals surface area contributed by atoms with Crippen molar-refractivity contribution < 1.29 is 9.90 Å². The first kappa shape index (κ1) is 17.2. The lowest BCUT2D eigenvalue weighted by molar-refractivity contribution is 0.129. The summed E-state index contributed by atoms with van der Waals surface area (Å²) in [6.07, 6.45) is 3.12. The van der Waals surface area contributed by atoms with Crippen molar-refractivity contribution in [3.63, 3.8) is 0 Å². The minimum absolute atomic E-state index is 0.0000839. The molecule has 0 spiro atoms. The molecule has 1 saturated carbocycles. The average Bonchev–Trinajstić information content (AvgIpc) is 3.41. The number of amides is 2. The van der Waals surface area contributed by atoms with Crippen molar-refractivity contribution in [1.82, 2.24) is 15.1 Å². The molecule has 5 heteroatoms. The Hall–Kier alpha value is -1.59. The van der Waals surface area contributed by atoms with Gasteiger partial charge in [0.1, 0.15) is 0 Å². The lowest BCUT2D eigenvalue weighted by Gasteiger charge is -2.38. The van der Waals surface area contributed by atoms with E-state index in [1.807, 2.05) is 11.0 Å². The number of aliphatic hydroxyl groups excluding tert-OH is 1. The van der Waals surface area contributed by atoms with Crippen molar-refractivity contribution in [2.45, 2.75) is 44.8 Å². The molecule has 2 unspecified atom stereocenters. The summed E-state index contributed by atoms with van der Waals surface area (Å²) >= 11 is 0. The summed E-state index contributed by atoms with van der Waals surface area (Å²) in [7, 11) is 0. The van der Waals surface area contributed by atoms with Crippen molar-refractivity contribution in [3.8, 4) is 0 Å². The zero-order chi connectivity index (χ0) is 16.9. The Balaban J connectivity index is 1.49. The Morgan fingerprint density at radius 1 is 1.29 bits per heavy atom. The first-order valence-electron chi connectivity index (χ1n) is 9.11. The molecular formula is C19H29N3O2. The van der Waals surface area contributed by atoms with Crippen LogP contribution >= 0.6 is 0 Å². The molecule has 2 atom stereocenters. The quantitative estimate of drug-likeness (QED) is 0.839. The van der Waals surface area contributed by atoms with Crippen molar-refractivity contribution >= 4 is 6.03 Å². The van der Waals surface area contributed by atoms with E-state index in [-0.39, 0.29) is 18.7 Å². The van der Waals surface area contributed by atoms with Crippen LogP contribution in [0.5, 0.6) is 0 Å². The Morgan fingerprint density at radius 2 is 2.04 bits per heavy atom. The molecule has 1 aromatic rings. The van der Waals surface area contributed by atoms with Crippen molar-refractivity contribution in [2.24, 2.45) is 5.92 Å². The third kappa shape index (κ3) is 4.48. The third-order valence-corrected chi connectivity index (χ3v) is 5.14. The number of hydrogen-bond donors (Lipinski definition) is 2. The zero-order valence-corrected chi connectivity index (χ0v) is 14.5. The lowest BCUT2D eigenvalue weighted by atomic mass is 9.93. The van der Waals surface area contributed by atoms with Crippen LogP contribution < -0.4 is 5.32 Å². The van der Waals surface area contributed by atoms with Crippen LogP contribution in [0.3, 0.4) is 0 Å². The first-order valence-corrected chi connectivity index (χ1v) is 9.11. The predicted octanol–water partition coefficient (Wildman–Crippen LogP) is 2.06. The SMILES string of the molecule is CC1CN(Cc2ccccc2)CCC1NC(=O)N(CCO)C1CC1. The fourth-order valence-electron chi connectivity index (χ4n) is 3.62. The summed E-state index contributed by atoms with van der Waals surface area (Å²) < 4.78 is 0. The van der Waals surface area contributed by atoms with Gasteiger partial charge in [-0.1, -0.05) is 37.3 Å². The molecule has 2 fully saturated rings. The maximum Gasteiger partial charge on any atom is 0.317 e. The van der Waals surface area contributed by atoms with Crippen molar-refractivity contribution in [3.05, 3.63) is 35.9 Å². The van der Waals surface area contributed by atoms with Gasteiger partial charge < -0.3 is 15.3 Å². The maximum atomic E-state index is 12.5. The van der Waals surface area contributed by atoms with E-state index in [1.54, 1.807) is 0 Å². The molecule has 5 nitrogen and oxygen atoms in total. The zero-order valence-electron chi connectivity index (χ0n) is 14.5. The molecule has 1 aliphatic heterocycles. The summed E-state index contributed by atoms with van der Waals surface area (Å²) in [4.78, 5) is 16.8. The Kier molecular flexibility index (Phi) is 5.74. The minimum atomic E-state index is -0.0000839. The second-order valence-electron chi connectivity index (χ2n) is 7.19. The summed E-state index contributed by atoms with van der Waals surface area (Å²) in [5.41, 5.74) is 1.34. The number of urea groups is 1. The van der Waals surface area contributed by atoms with E-state index < -0.39 is 0 Å². The fraction of sp³-hybridized carbons (Fsp3) is 0.632. The molecule has 24 heavy (non-hydrogen) atoms. The number of benzene rings is 1. The number of nitrogens with zero attached hydrogens (tertiary/aromatic N) is 2. The minimum Gasteiger partial charge on any atom is -0.395 e. The molecule has 1 aromatic carbocycles. The Labute approximate surface area is 144 Å². The van der Waals surface area contributed by atoms with Crippen LogP contribution in [0, 0.1) is 5.92 Å². The van der Waals surface area contributed by atoms with E-state index in [4.69, 9.17) is 5.11 Å². The van der Waals surface area contributed by atoms with Crippen LogP contribution in [0.1, 0.15) is 31.7 Å². The second kappa shape index (κ2) is 7.99. The molecule has 2 amide bonds. The highest BCUT2D eigenvalue weighted by molar-refractivity contribution is 5.75. The van der Waals surface area contributed by atoms with Crippen LogP contribution in [0.4, 0.5) is 4.79 Å². The molecular weight excluding hydrogens is 302 g/mol. The molecule has 132 valence electrons. The van der Waals surface area contributed by atoms with Gasteiger partial charge in [-0.05, 0) is 30.7 Å². The normalized spacial score (nSPS) is 24.6. The summed E-state index contributed by atoms with van der Waals surface area (Å²) in [6.45, 7) is 5.68. The van der Waals surface area contributed by atoms with Gasteiger partial charge in [0.05, 0.1) is 6.61 Å². The maximum absolute atomic E-state index is 12.5. The van der Waals surface area contributed by atoms with Gasteiger partial charge in [0.2, 0.25) is 0 Å². The molecule has 2 N–H and O–H groups in total. The van der Waals surface area contributed by atoms with Gasteiger partial charge in [-0.3, -0.25) is 4.90 Å². The number of aliphatic hydroxyl groups is 1. The molecule has 1 saturated heterocycles. The standard InChI is InChI=1S/C19H29N3O2/c1-15-13-21(14-16-5-3-2-4-6-16)10-9-18(15)20-19(24)22(11-12-23)17-7-8-17/h2-6,15,17-18,23H,7-14H2,1H3,(H,20,24). The van der Waals surface area contributed by atoms with Gasteiger partial charge in [0.15, 0.2) is 0 Å². The van der Waals surface area contributed by atoms with Gasteiger partial charge in [0.25, 0.3) is 0 Å². The Bertz CT molecular complexity index is 533. The molecule has 0 bridgehead atoms. The largest absolute Gasteiger partial charge is 0.395 e. The van der Waals surface area contributed by atoms with Crippen LogP contribution in [0.25, 0.3) is 0 Å². The van der Waals surface area contributed by atoms with Crippen molar-refractivity contribution in [2.75, 3.05) is 26.2 Å². The number of carbonyl (C=O) groups is 1.